The van der Waals surface area contributed by atoms with Gasteiger partial charge in [-0.1, -0.05) is 34.5 Å². The van der Waals surface area contributed by atoms with Gasteiger partial charge in [0.25, 0.3) is 11.5 Å². The Morgan fingerprint density at radius 1 is 1.21 bits per heavy atom. The lowest BCUT2D eigenvalue weighted by Gasteiger charge is -2.27. The van der Waals surface area contributed by atoms with Gasteiger partial charge in [0.05, 0.1) is 36.9 Å². The molecular weight excluding hydrogens is 644 g/mol. The van der Waals surface area contributed by atoms with Gasteiger partial charge in [0.1, 0.15) is 10.8 Å². The predicted molar refractivity (Wildman–Crippen MR) is 154 cm³/mol. The Morgan fingerprint density at radius 3 is 2.68 bits per heavy atom. The zero-order chi connectivity index (χ0) is 27.2. The molecule has 0 aliphatic carbocycles. The topological polar surface area (TPSA) is 95.2 Å². The number of ether oxygens (including phenoxy) is 3. The third kappa shape index (κ3) is 6.39. The molecule has 1 fully saturated rings. The standard InChI is InChI=1S/C26H27Br2ClN4O5/c1-3-5-21-31-19-7-6-17(27)13-18(19)26(35)33(21)30-14-16-12-20(37-4-2)25(24(29)23(16)28)38-15-22(34)32-8-10-36-11-9-32/h6-7,12-14H,3-5,8-11,15H2,1-2H3. The summed E-state index contributed by atoms with van der Waals surface area (Å²) >= 11 is 13.6. The van der Waals surface area contributed by atoms with Crippen molar-refractivity contribution in [2.24, 2.45) is 5.10 Å². The van der Waals surface area contributed by atoms with Gasteiger partial charge in [-0.05, 0) is 53.5 Å². The first kappa shape index (κ1) is 28.5. The number of hydrogen-bond acceptors (Lipinski definition) is 7. The average Bonchev–Trinajstić information content (AvgIpc) is 2.92. The lowest BCUT2D eigenvalue weighted by Crippen LogP contribution is -2.43. The summed E-state index contributed by atoms with van der Waals surface area (Å²) in [6.45, 7) is 6.06. The van der Waals surface area contributed by atoms with E-state index >= 15 is 0 Å². The van der Waals surface area contributed by atoms with Crippen molar-refractivity contribution in [1.29, 1.82) is 0 Å². The minimum Gasteiger partial charge on any atom is -0.490 e. The van der Waals surface area contributed by atoms with Gasteiger partial charge in [0.2, 0.25) is 0 Å². The normalized spacial score (nSPS) is 13.9. The third-order valence-corrected chi connectivity index (χ3v) is 7.76. The number of halogens is 3. The molecule has 2 aromatic carbocycles. The van der Waals surface area contributed by atoms with Crippen molar-refractivity contribution < 1.29 is 19.0 Å². The van der Waals surface area contributed by atoms with Crippen LogP contribution in [0.15, 0.2) is 43.1 Å². The Bertz CT molecular complexity index is 1420. The molecule has 3 aromatic rings. The van der Waals surface area contributed by atoms with Gasteiger partial charge in [-0.25, -0.2) is 4.98 Å². The minimum absolute atomic E-state index is 0.160. The molecule has 1 saturated heterocycles. The quantitative estimate of drug-likeness (QED) is 0.296. The van der Waals surface area contributed by atoms with Gasteiger partial charge in [0, 0.05) is 34.0 Å². The monoisotopic (exact) mass is 668 g/mol. The SMILES string of the molecule is CCCc1nc2ccc(Br)cc2c(=O)n1N=Cc1cc(OCC)c(OCC(=O)N2CCOCC2)c(Cl)c1Br. The van der Waals surface area contributed by atoms with Crippen LogP contribution in [0, 0.1) is 0 Å². The van der Waals surface area contributed by atoms with E-state index in [1.807, 2.05) is 19.9 Å². The smallest absolute Gasteiger partial charge is 0.282 e. The first-order valence-corrected chi connectivity index (χ1v) is 14.2. The number of morpholine rings is 1. The Labute approximate surface area is 242 Å². The molecule has 0 atom stereocenters. The fourth-order valence-electron chi connectivity index (χ4n) is 3.95. The number of fused-ring (bicyclic) bond motifs is 1. The summed E-state index contributed by atoms with van der Waals surface area (Å²) in [6.07, 6.45) is 2.89. The van der Waals surface area contributed by atoms with Crippen molar-refractivity contribution in [3.63, 3.8) is 0 Å². The number of aryl methyl sites for hydroxylation is 1. The Morgan fingerprint density at radius 2 is 1.97 bits per heavy atom. The first-order chi connectivity index (χ1) is 18.3. The molecule has 1 amide bonds. The molecule has 9 nitrogen and oxygen atoms in total. The van der Waals surface area contributed by atoms with E-state index < -0.39 is 0 Å². The van der Waals surface area contributed by atoms with Crippen molar-refractivity contribution in [1.82, 2.24) is 14.6 Å². The molecular formula is C26H27Br2ClN4O5. The van der Waals surface area contributed by atoms with Crippen LogP contribution in [0.4, 0.5) is 0 Å². The highest BCUT2D eigenvalue weighted by atomic mass is 79.9. The van der Waals surface area contributed by atoms with Gasteiger partial charge >= 0.3 is 0 Å². The van der Waals surface area contributed by atoms with Crippen molar-refractivity contribution in [2.75, 3.05) is 39.5 Å². The number of aromatic nitrogens is 2. The van der Waals surface area contributed by atoms with E-state index in [1.54, 1.807) is 23.1 Å². The highest BCUT2D eigenvalue weighted by Gasteiger charge is 2.22. The number of carbonyl (C=O) groups excluding carboxylic acids is 1. The fraction of sp³-hybridized carbons (Fsp3) is 0.385. The van der Waals surface area contributed by atoms with Crippen LogP contribution < -0.4 is 15.0 Å². The fourth-order valence-corrected chi connectivity index (χ4v) is 4.97. The molecule has 38 heavy (non-hydrogen) atoms. The molecule has 0 unspecified atom stereocenters. The maximum atomic E-state index is 13.3. The summed E-state index contributed by atoms with van der Waals surface area (Å²) < 4.78 is 19.5. The van der Waals surface area contributed by atoms with Crippen LogP contribution in [0.25, 0.3) is 10.9 Å². The van der Waals surface area contributed by atoms with E-state index in [9.17, 15) is 9.59 Å². The highest BCUT2D eigenvalue weighted by Crippen LogP contribution is 2.42. The summed E-state index contributed by atoms with van der Waals surface area (Å²) in [7, 11) is 0. The highest BCUT2D eigenvalue weighted by molar-refractivity contribution is 9.10. The van der Waals surface area contributed by atoms with E-state index in [0.29, 0.717) is 71.8 Å². The Hall–Kier alpha value is -2.47. The lowest BCUT2D eigenvalue weighted by molar-refractivity contribution is -0.137. The molecule has 1 aliphatic heterocycles. The molecule has 0 saturated carbocycles. The van der Waals surface area contributed by atoms with E-state index in [1.165, 1.54) is 10.9 Å². The molecule has 0 N–H and O–H groups in total. The van der Waals surface area contributed by atoms with Crippen LogP contribution in [0.3, 0.4) is 0 Å². The van der Waals surface area contributed by atoms with E-state index in [2.05, 4.69) is 41.9 Å². The summed E-state index contributed by atoms with van der Waals surface area (Å²) in [6, 6.07) is 7.09. The molecule has 1 aromatic heterocycles. The van der Waals surface area contributed by atoms with Crippen LogP contribution in [-0.2, 0) is 16.0 Å². The maximum Gasteiger partial charge on any atom is 0.282 e. The third-order valence-electron chi connectivity index (χ3n) is 5.82. The van der Waals surface area contributed by atoms with Gasteiger partial charge in [-0.15, -0.1) is 0 Å². The second kappa shape index (κ2) is 13.1. The van der Waals surface area contributed by atoms with Crippen molar-refractivity contribution in [2.45, 2.75) is 26.7 Å². The summed E-state index contributed by atoms with van der Waals surface area (Å²) in [5.41, 5.74) is 0.905. The lowest BCUT2D eigenvalue weighted by atomic mass is 10.2. The molecule has 1 aliphatic rings. The Balaban J connectivity index is 1.67. The number of amides is 1. The van der Waals surface area contributed by atoms with Crippen molar-refractivity contribution in [3.05, 3.63) is 60.0 Å². The minimum atomic E-state index is -0.273. The number of carbonyl (C=O) groups is 1. The molecule has 2 heterocycles. The zero-order valence-electron chi connectivity index (χ0n) is 21.0. The molecule has 12 heteroatoms. The largest absolute Gasteiger partial charge is 0.490 e. The van der Waals surface area contributed by atoms with Gasteiger partial charge in [0.15, 0.2) is 18.1 Å². The van der Waals surface area contributed by atoms with E-state index in [-0.39, 0.29) is 28.8 Å². The summed E-state index contributed by atoms with van der Waals surface area (Å²) in [5.74, 6) is 1.00. The molecule has 0 bridgehead atoms. The number of nitrogens with zero attached hydrogens (tertiary/aromatic N) is 4. The average molecular weight is 671 g/mol. The second-order valence-corrected chi connectivity index (χ2v) is 10.5. The zero-order valence-corrected chi connectivity index (χ0v) is 24.9. The van der Waals surface area contributed by atoms with Crippen LogP contribution in [-0.4, -0.2) is 66.2 Å². The predicted octanol–water partition coefficient (Wildman–Crippen LogP) is 5.05. The molecule has 4 rings (SSSR count). The van der Waals surface area contributed by atoms with E-state index in [0.717, 1.165) is 10.9 Å². The van der Waals surface area contributed by atoms with Crippen molar-refractivity contribution >= 4 is 66.5 Å². The molecule has 0 radical (unpaired) electrons. The van der Waals surface area contributed by atoms with Crippen molar-refractivity contribution in [3.8, 4) is 11.5 Å². The van der Waals surface area contributed by atoms with Crippen LogP contribution in [0.5, 0.6) is 11.5 Å². The van der Waals surface area contributed by atoms with Gasteiger partial charge < -0.3 is 19.1 Å². The summed E-state index contributed by atoms with van der Waals surface area (Å²) in [4.78, 5) is 32.2. The second-order valence-electron chi connectivity index (χ2n) is 8.44. The molecule has 202 valence electrons. The van der Waals surface area contributed by atoms with Crippen LogP contribution in [0.2, 0.25) is 5.02 Å². The van der Waals surface area contributed by atoms with Gasteiger partial charge in [-0.2, -0.15) is 9.78 Å². The molecule has 0 spiro atoms. The Kier molecular flexibility index (Phi) is 9.80. The number of hydrogen-bond donors (Lipinski definition) is 0. The van der Waals surface area contributed by atoms with Crippen LogP contribution in [0.1, 0.15) is 31.7 Å². The van der Waals surface area contributed by atoms with Gasteiger partial charge in [-0.3, -0.25) is 9.59 Å². The van der Waals surface area contributed by atoms with Crippen LogP contribution >= 0.6 is 43.5 Å². The van der Waals surface area contributed by atoms with E-state index in [4.69, 9.17) is 25.8 Å². The number of rotatable bonds is 9. The summed E-state index contributed by atoms with van der Waals surface area (Å²) in [5, 5.41) is 5.17. The number of benzene rings is 2. The maximum absolute atomic E-state index is 13.3. The first-order valence-electron chi connectivity index (χ1n) is 12.2.